The molecule has 5 heterocycles. The largest absolute Gasteiger partial charge is 0.487 e. The maximum Gasteiger partial charge on any atom is 0.257 e. The van der Waals surface area contributed by atoms with E-state index in [0.717, 1.165) is 55.6 Å². The molecule has 0 radical (unpaired) electrons. The number of anilines is 2. The molecule has 1 aliphatic heterocycles. The Morgan fingerprint density at radius 1 is 1.00 bits per heavy atom. The summed E-state index contributed by atoms with van der Waals surface area (Å²) in [6.07, 6.45) is 13.3. The summed E-state index contributed by atoms with van der Waals surface area (Å²) < 4.78 is 21.9. The Balaban J connectivity index is 1.05. The summed E-state index contributed by atoms with van der Waals surface area (Å²) in [5.74, 6) is 1.33. The Kier molecular flexibility index (Phi) is 10.4. The third kappa shape index (κ3) is 8.47. The lowest BCUT2D eigenvalue weighted by Crippen LogP contribution is -2.51. The quantitative estimate of drug-likeness (QED) is 0.186. The molecule has 4 aromatic heterocycles. The van der Waals surface area contributed by atoms with Crippen molar-refractivity contribution in [1.82, 2.24) is 49.8 Å². The van der Waals surface area contributed by atoms with E-state index >= 15 is 0 Å². The maximum absolute atomic E-state index is 9.69. The summed E-state index contributed by atoms with van der Waals surface area (Å²) in [5, 5.41) is 29.1. The van der Waals surface area contributed by atoms with Crippen LogP contribution in [0.4, 0.5) is 11.6 Å². The number of aromatic nitrogens is 9. The van der Waals surface area contributed by atoms with Crippen LogP contribution in [0, 0.1) is 11.3 Å². The van der Waals surface area contributed by atoms with Crippen LogP contribution in [-0.2, 0) is 17.9 Å². The first-order valence-electron chi connectivity index (χ1n) is 17.4. The smallest absolute Gasteiger partial charge is 0.257 e. The molecule has 5 aromatic rings. The second kappa shape index (κ2) is 15.6. The van der Waals surface area contributed by atoms with Gasteiger partial charge in [0.1, 0.15) is 36.5 Å². The molecule has 2 fully saturated rings. The summed E-state index contributed by atoms with van der Waals surface area (Å²) in [4.78, 5) is 16.2. The average molecular weight is 691 g/mol. The normalized spacial score (nSPS) is 21.5. The van der Waals surface area contributed by atoms with Crippen LogP contribution in [0.15, 0.2) is 67.5 Å². The molecule has 1 N–H and O–H groups in total. The summed E-state index contributed by atoms with van der Waals surface area (Å²) >= 11 is 0. The fraction of sp³-hybridized carbons (Fsp3) is 0.444. The van der Waals surface area contributed by atoms with Crippen molar-refractivity contribution in [2.24, 2.45) is 0 Å². The molecule has 0 unspecified atom stereocenters. The number of tetrazole rings is 1. The highest BCUT2D eigenvalue weighted by atomic mass is 16.5. The minimum absolute atomic E-state index is 0.261. The molecule has 1 aliphatic carbocycles. The highest BCUT2D eigenvalue weighted by molar-refractivity contribution is 5.67. The predicted octanol–water partition coefficient (Wildman–Crippen LogP) is 4.98. The summed E-state index contributed by atoms with van der Waals surface area (Å²) in [7, 11) is 0. The van der Waals surface area contributed by atoms with Crippen LogP contribution in [0.3, 0.4) is 0 Å². The zero-order valence-corrected chi connectivity index (χ0v) is 29.0. The summed E-state index contributed by atoms with van der Waals surface area (Å²) in [6, 6.07) is 14.2. The number of morpholine rings is 1. The van der Waals surface area contributed by atoms with Gasteiger partial charge in [-0.2, -0.15) is 5.26 Å². The number of hydrogen-bond acceptors (Lipinski definition) is 13. The van der Waals surface area contributed by atoms with Gasteiger partial charge in [0, 0.05) is 43.3 Å². The lowest BCUT2D eigenvalue weighted by molar-refractivity contribution is -0.0852. The minimum atomic E-state index is -0.277. The molecule has 0 amide bonds. The van der Waals surface area contributed by atoms with Crippen molar-refractivity contribution < 1.29 is 14.2 Å². The van der Waals surface area contributed by atoms with Crippen molar-refractivity contribution in [2.75, 3.05) is 18.4 Å². The topological polar surface area (TPSA) is 167 Å². The number of pyridine rings is 1. The SMILES string of the molecule is C[C@@H]1CN([C@H]2CC[C@H](n3cc(Nc4ncc(-c5ccc(C#N)c(O[C@@H](C)Cn6cnnn6)c5)cn4)c(OCc4ccccn4)n3)CC2)C[C@H](C)O1. The van der Waals surface area contributed by atoms with Crippen molar-refractivity contribution in [1.29, 1.82) is 5.26 Å². The van der Waals surface area contributed by atoms with Gasteiger partial charge >= 0.3 is 0 Å². The van der Waals surface area contributed by atoms with Gasteiger partial charge in [-0.25, -0.2) is 14.6 Å². The van der Waals surface area contributed by atoms with Gasteiger partial charge in [-0.3, -0.25) is 14.6 Å². The summed E-state index contributed by atoms with van der Waals surface area (Å²) in [6.45, 7) is 8.92. The monoisotopic (exact) mass is 690 g/mol. The Morgan fingerprint density at radius 2 is 1.78 bits per heavy atom. The van der Waals surface area contributed by atoms with Crippen LogP contribution in [0.1, 0.15) is 63.8 Å². The fourth-order valence-electron chi connectivity index (χ4n) is 6.92. The van der Waals surface area contributed by atoms with Crippen LogP contribution in [0.5, 0.6) is 11.6 Å². The lowest BCUT2D eigenvalue weighted by Gasteiger charge is -2.42. The number of rotatable bonds is 12. The van der Waals surface area contributed by atoms with E-state index in [9.17, 15) is 5.26 Å². The molecule has 2 aliphatic rings. The van der Waals surface area contributed by atoms with E-state index in [4.69, 9.17) is 19.3 Å². The molecule has 7 rings (SSSR count). The van der Waals surface area contributed by atoms with Gasteiger partial charge in [0.2, 0.25) is 5.95 Å². The van der Waals surface area contributed by atoms with Crippen molar-refractivity contribution in [3.05, 3.63) is 78.8 Å². The molecule has 1 aromatic carbocycles. The third-order valence-corrected chi connectivity index (χ3v) is 9.28. The van der Waals surface area contributed by atoms with Crippen LogP contribution < -0.4 is 14.8 Å². The molecule has 0 spiro atoms. The number of hydrogen-bond donors (Lipinski definition) is 1. The molecule has 0 bridgehead atoms. The van der Waals surface area contributed by atoms with Crippen molar-refractivity contribution >= 4 is 11.6 Å². The van der Waals surface area contributed by atoms with Crippen LogP contribution >= 0.6 is 0 Å². The minimum Gasteiger partial charge on any atom is -0.487 e. The van der Waals surface area contributed by atoms with Crippen molar-refractivity contribution in [2.45, 2.75) is 90.0 Å². The number of ether oxygens (including phenoxy) is 3. The first kappa shape index (κ1) is 34.0. The molecular weight excluding hydrogens is 648 g/mol. The van der Waals surface area contributed by atoms with E-state index < -0.39 is 0 Å². The van der Waals surface area contributed by atoms with Gasteiger partial charge in [0.25, 0.3) is 5.88 Å². The molecule has 264 valence electrons. The highest BCUT2D eigenvalue weighted by Crippen LogP contribution is 2.36. The van der Waals surface area contributed by atoms with Gasteiger partial charge < -0.3 is 19.5 Å². The molecule has 15 heteroatoms. The van der Waals surface area contributed by atoms with Crippen molar-refractivity contribution in [3.8, 4) is 28.8 Å². The van der Waals surface area contributed by atoms with E-state index in [1.807, 2.05) is 48.1 Å². The molecule has 3 atom stereocenters. The predicted molar refractivity (Wildman–Crippen MR) is 187 cm³/mol. The van der Waals surface area contributed by atoms with Gasteiger partial charge in [0.15, 0.2) is 0 Å². The van der Waals surface area contributed by atoms with Crippen LogP contribution in [0.2, 0.25) is 0 Å². The first-order valence-corrected chi connectivity index (χ1v) is 17.4. The van der Waals surface area contributed by atoms with Crippen LogP contribution in [0.25, 0.3) is 11.1 Å². The Labute approximate surface area is 296 Å². The first-order chi connectivity index (χ1) is 24.9. The number of nitrogens with one attached hydrogen (secondary N) is 1. The highest BCUT2D eigenvalue weighted by Gasteiger charge is 2.32. The lowest BCUT2D eigenvalue weighted by atomic mass is 9.89. The Bertz CT molecular complexity index is 1890. The third-order valence-electron chi connectivity index (χ3n) is 9.28. The number of nitrogens with zero attached hydrogens (tertiary/aromatic N) is 11. The summed E-state index contributed by atoms with van der Waals surface area (Å²) in [5.41, 5.74) is 3.50. The van der Waals surface area contributed by atoms with Gasteiger partial charge in [0.05, 0.1) is 42.2 Å². The molecular formula is C36H42N12O3. The average Bonchev–Trinajstić information content (AvgIpc) is 3.81. The van der Waals surface area contributed by atoms with E-state index in [1.165, 1.54) is 6.33 Å². The molecule has 1 saturated carbocycles. The van der Waals surface area contributed by atoms with Gasteiger partial charge in [-0.05, 0) is 86.7 Å². The molecule has 51 heavy (non-hydrogen) atoms. The van der Waals surface area contributed by atoms with Crippen molar-refractivity contribution in [3.63, 3.8) is 0 Å². The van der Waals surface area contributed by atoms with E-state index in [-0.39, 0.29) is 31.0 Å². The maximum atomic E-state index is 9.69. The van der Waals surface area contributed by atoms with E-state index in [1.54, 1.807) is 29.3 Å². The van der Waals surface area contributed by atoms with Gasteiger partial charge in [-0.15, -0.1) is 10.2 Å². The zero-order chi connectivity index (χ0) is 35.2. The second-order valence-electron chi connectivity index (χ2n) is 13.3. The molecule has 15 nitrogen and oxygen atoms in total. The Hall–Kier alpha value is -5.46. The zero-order valence-electron chi connectivity index (χ0n) is 29.0. The van der Waals surface area contributed by atoms with E-state index in [2.05, 4.69) is 60.6 Å². The fourth-order valence-corrected chi connectivity index (χ4v) is 6.92. The standard InChI is InChI=1S/C36H42N12O3/c1-24-18-46(19-25(2)50-24)31-9-11-32(12-10-31)48-21-33(35(43-48)49-22-30-6-4-5-13-38-30)42-36-39-16-29(17-40-36)27-7-8-28(15-37)34(14-27)51-26(3)20-47-23-41-44-45-47/h4-8,13-14,16-17,21,23-26,31-32H,9-12,18-20,22H2,1-3H3,(H,39,40,42)/t24-,25+,26-,31-,32-/m0/s1. The van der Waals surface area contributed by atoms with Crippen LogP contribution in [-0.4, -0.2) is 87.3 Å². The van der Waals surface area contributed by atoms with Gasteiger partial charge in [-0.1, -0.05) is 12.1 Å². The number of nitriles is 1. The molecule has 1 saturated heterocycles. The second-order valence-corrected chi connectivity index (χ2v) is 13.3. The number of benzene rings is 1. The van der Waals surface area contributed by atoms with E-state index in [0.29, 0.717) is 41.4 Å². The Morgan fingerprint density at radius 3 is 2.49 bits per heavy atom.